The molecule has 0 radical (unpaired) electrons. The number of ether oxygens (including phenoxy) is 3. The van der Waals surface area contributed by atoms with Crippen LogP contribution in [-0.4, -0.2) is 17.7 Å². The van der Waals surface area contributed by atoms with Crippen LogP contribution in [0.2, 0.25) is 5.02 Å². The largest absolute Gasteiger partial charge is 0.456 e. The van der Waals surface area contributed by atoms with Gasteiger partial charge in [-0.15, -0.1) is 0 Å². The second-order valence-electron chi connectivity index (χ2n) is 4.50. The van der Waals surface area contributed by atoms with E-state index in [4.69, 9.17) is 25.8 Å². The molecule has 1 aromatic carbocycles. The molecule has 0 spiro atoms. The number of rotatable bonds is 4. The Morgan fingerprint density at radius 2 is 2.27 bits per heavy atom. The van der Waals surface area contributed by atoms with Gasteiger partial charge in [-0.1, -0.05) is 17.7 Å². The lowest BCUT2D eigenvalue weighted by atomic mass is 10.2. The van der Waals surface area contributed by atoms with Crippen LogP contribution in [0.25, 0.3) is 6.08 Å². The Bertz CT molecular complexity index is 716. The summed E-state index contributed by atoms with van der Waals surface area (Å²) in [6.45, 7) is 0.278. The zero-order chi connectivity index (χ0) is 15.4. The molecule has 0 saturated heterocycles. The van der Waals surface area contributed by atoms with Crippen molar-refractivity contribution in [2.24, 2.45) is 0 Å². The first-order valence-corrected chi connectivity index (χ1v) is 6.94. The quantitative estimate of drug-likeness (QED) is 0.640. The maximum Gasteiger partial charge on any atom is 0.331 e. The van der Waals surface area contributed by atoms with E-state index in [-0.39, 0.29) is 13.4 Å². The minimum Gasteiger partial charge on any atom is -0.456 e. The smallest absolute Gasteiger partial charge is 0.331 e. The second-order valence-corrected chi connectivity index (χ2v) is 4.91. The fraction of sp³-hybridized carbons (Fsp3) is 0.125. The standard InChI is InChI=1S/C16H12ClNO4/c17-13-7-11(8-14-16(13)22-10-21-14)4-5-15(19)20-9-12-3-1-2-6-18-12/h1-8H,9-10H2. The van der Waals surface area contributed by atoms with Crippen molar-refractivity contribution in [3.63, 3.8) is 0 Å². The Hall–Kier alpha value is -2.53. The molecular weight excluding hydrogens is 306 g/mol. The first-order valence-electron chi connectivity index (χ1n) is 6.56. The molecule has 1 aliphatic heterocycles. The van der Waals surface area contributed by atoms with Crippen LogP contribution in [0.4, 0.5) is 0 Å². The van der Waals surface area contributed by atoms with E-state index in [1.807, 2.05) is 6.07 Å². The highest BCUT2D eigenvalue weighted by Gasteiger charge is 2.17. The number of benzene rings is 1. The summed E-state index contributed by atoms with van der Waals surface area (Å²) >= 11 is 6.07. The van der Waals surface area contributed by atoms with Crippen LogP contribution in [0.1, 0.15) is 11.3 Å². The fourth-order valence-corrected chi connectivity index (χ4v) is 2.20. The van der Waals surface area contributed by atoms with Crippen LogP contribution in [0.5, 0.6) is 11.5 Å². The van der Waals surface area contributed by atoms with E-state index in [0.717, 1.165) is 5.56 Å². The monoisotopic (exact) mass is 317 g/mol. The van der Waals surface area contributed by atoms with Crippen LogP contribution in [0, 0.1) is 0 Å². The van der Waals surface area contributed by atoms with Crippen molar-refractivity contribution in [1.82, 2.24) is 4.98 Å². The second kappa shape index (κ2) is 6.49. The highest BCUT2D eigenvalue weighted by Crippen LogP contribution is 2.40. The zero-order valence-electron chi connectivity index (χ0n) is 11.5. The number of halogens is 1. The summed E-state index contributed by atoms with van der Waals surface area (Å²) < 4.78 is 15.6. The van der Waals surface area contributed by atoms with Gasteiger partial charge in [0.2, 0.25) is 6.79 Å². The molecule has 0 amide bonds. The van der Waals surface area contributed by atoms with Crippen LogP contribution in [0.3, 0.4) is 0 Å². The van der Waals surface area contributed by atoms with E-state index in [1.54, 1.807) is 36.5 Å². The summed E-state index contributed by atoms with van der Waals surface area (Å²) in [4.78, 5) is 15.8. The van der Waals surface area contributed by atoms with Gasteiger partial charge < -0.3 is 14.2 Å². The molecule has 2 aromatic rings. The summed E-state index contributed by atoms with van der Waals surface area (Å²) in [6.07, 6.45) is 4.58. The van der Waals surface area contributed by atoms with Crippen molar-refractivity contribution in [2.75, 3.05) is 6.79 Å². The summed E-state index contributed by atoms with van der Waals surface area (Å²) in [5.41, 5.74) is 1.42. The maximum atomic E-state index is 11.7. The van der Waals surface area contributed by atoms with Gasteiger partial charge in [0.15, 0.2) is 11.5 Å². The van der Waals surface area contributed by atoms with Gasteiger partial charge in [-0.3, -0.25) is 4.98 Å². The number of esters is 1. The first-order chi connectivity index (χ1) is 10.7. The average molecular weight is 318 g/mol. The minimum atomic E-state index is -0.459. The zero-order valence-corrected chi connectivity index (χ0v) is 12.2. The van der Waals surface area contributed by atoms with Crippen molar-refractivity contribution in [2.45, 2.75) is 6.61 Å². The van der Waals surface area contributed by atoms with Crippen molar-refractivity contribution >= 4 is 23.6 Å². The number of fused-ring (bicyclic) bond motifs is 1. The number of carbonyl (C=O) groups excluding carboxylic acids is 1. The van der Waals surface area contributed by atoms with Gasteiger partial charge >= 0.3 is 5.97 Å². The molecule has 0 fully saturated rings. The summed E-state index contributed by atoms with van der Waals surface area (Å²) in [5.74, 6) is 0.630. The fourth-order valence-electron chi connectivity index (χ4n) is 1.92. The lowest BCUT2D eigenvalue weighted by molar-refractivity contribution is -0.139. The van der Waals surface area contributed by atoms with Crippen molar-refractivity contribution in [1.29, 1.82) is 0 Å². The Morgan fingerprint density at radius 3 is 3.09 bits per heavy atom. The van der Waals surface area contributed by atoms with E-state index >= 15 is 0 Å². The van der Waals surface area contributed by atoms with E-state index in [9.17, 15) is 4.79 Å². The number of hydrogen-bond donors (Lipinski definition) is 0. The number of carbonyl (C=O) groups is 1. The Kier molecular flexibility index (Phi) is 4.25. The number of pyridine rings is 1. The van der Waals surface area contributed by atoms with Crippen molar-refractivity contribution in [3.8, 4) is 11.5 Å². The van der Waals surface area contributed by atoms with Gasteiger partial charge in [-0.25, -0.2) is 4.79 Å². The topological polar surface area (TPSA) is 57.7 Å². The van der Waals surface area contributed by atoms with Gasteiger partial charge in [0.1, 0.15) is 6.61 Å². The average Bonchev–Trinajstić information content (AvgIpc) is 3.01. The summed E-state index contributed by atoms with van der Waals surface area (Å²) in [5, 5.41) is 0.441. The lowest BCUT2D eigenvalue weighted by Crippen LogP contribution is -2.01. The summed E-state index contributed by atoms with van der Waals surface area (Å²) in [7, 11) is 0. The number of aromatic nitrogens is 1. The molecule has 1 aromatic heterocycles. The molecule has 22 heavy (non-hydrogen) atoms. The molecule has 0 aliphatic carbocycles. The highest BCUT2D eigenvalue weighted by atomic mass is 35.5. The van der Waals surface area contributed by atoms with Crippen molar-refractivity contribution < 1.29 is 19.0 Å². The number of hydrogen-bond acceptors (Lipinski definition) is 5. The predicted molar refractivity (Wildman–Crippen MR) is 80.6 cm³/mol. The van der Waals surface area contributed by atoms with Crippen LogP contribution in [-0.2, 0) is 16.1 Å². The highest BCUT2D eigenvalue weighted by molar-refractivity contribution is 6.32. The summed E-state index contributed by atoms with van der Waals surface area (Å²) in [6, 6.07) is 8.86. The molecule has 2 heterocycles. The van der Waals surface area contributed by atoms with Crippen LogP contribution in [0.15, 0.2) is 42.6 Å². The third-order valence-electron chi connectivity index (χ3n) is 2.95. The Balaban J connectivity index is 1.62. The Morgan fingerprint density at radius 1 is 1.36 bits per heavy atom. The molecule has 0 saturated carbocycles. The van der Waals surface area contributed by atoms with Gasteiger partial charge in [0.25, 0.3) is 0 Å². The minimum absolute atomic E-state index is 0.131. The molecular formula is C16H12ClNO4. The van der Waals surface area contributed by atoms with Crippen molar-refractivity contribution in [3.05, 3.63) is 58.9 Å². The van der Waals surface area contributed by atoms with Gasteiger partial charge in [-0.2, -0.15) is 0 Å². The van der Waals surface area contributed by atoms with Gasteiger partial charge in [0.05, 0.1) is 10.7 Å². The molecule has 6 heteroatoms. The third kappa shape index (κ3) is 3.38. The van der Waals surface area contributed by atoms with Crippen LogP contribution >= 0.6 is 11.6 Å². The third-order valence-corrected chi connectivity index (χ3v) is 3.23. The SMILES string of the molecule is O=C(C=Cc1cc(Cl)c2c(c1)OCO2)OCc1ccccn1. The molecule has 0 N–H and O–H groups in total. The predicted octanol–water partition coefficient (Wildman–Crippen LogP) is 3.22. The molecule has 0 unspecified atom stereocenters. The van der Waals surface area contributed by atoms with E-state index < -0.39 is 5.97 Å². The maximum absolute atomic E-state index is 11.7. The normalized spacial score (nSPS) is 12.6. The first kappa shape index (κ1) is 14.4. The van der Waals surface area contributed by atoms with E-state index in [0.29, 0.717) is 22.2 Å². The Labute approximate surface area is 132 Å². The molecule has 1 aliphatic rings. The lowest BCUT2D eigenvalue weighted by Gasteiger charge is -2.02. The van der Waals surface area contributed by atoms with Gasteiger partial charge in [0, 0.05) is 12.3 Å². The molecule has 0 atom stereocenters. The molecule has 0 bridgehead atoms. The van der Waals surface area contributed by atoms with Crippen LogP contribution < -0.4 is 9.47 Å². The molecule has 5 nitrogen and oxygen atoms in total. The molecule has 112 valence electrons. The van der Waals surface area contributed by atoms with Gasteiger partial charge in [-0.05, 0) is 35.9 Å². The van der Waals surface area contributed by atoms with E-state index in [2.05, 4.69) is 4.98 Å². The molecule has 3 rings (SSSR count). The van der Waals surface area contributed by atoms with E-state index in [1.165, 1.54) is 6.08 Å². The number of nitrogens with zero attached hydrogens (tertiary/aromatic N) is 1.